The molecule has 1 N–H and O–H groups in total. The molecule has 106 valence electrons. The Hall–Kier alpha value is -0.740. The maximum absolute atomic E-state index is 12.3. The van der Waals surface area contributed by atoms with Gasteiger partial charge in [-0.1, -0.05) is 11.6 Å². The molecule has 1 atom stereocenters. The molecule has 0 radical (unpaired) electrons. The monoisotopic (exact) mass is 326 g/mol. The van der Waals surface area contributed by atoms with E-state index >= 15 is 0 Å². The number of hydrogen-bond acceptors (Lipinski definition) is 6. The normalized spacial score (nSPS) is 24.8. The number of halogens is 1. The summed E-state index contributed by atoms with van der Waals surface area (Å²) in [5.74, 6) is 0. The quantitative estimate of drug-likeness (QED) is 0.669. The van der Waals surface area contributed by atoms with Gasteiger partial charge in [-0.3, -0.25) is 10.1 Å². The van der Waals surface area contributed by atoms with Crippen molar-refractivity contribution in [1.29, 1.82) is 0 Å². The van der Waals surface area contributed by atoms with E-state index in [1.54, 1.807) is 6.92 Å². The molecule has 0 aromatic carbocycles. The zero-order valence-electron chi connectivity index (χ0n) is 9.87. The van der Waals surface area contributed by atoms with E-state index in [0.717, 1.165) is 10.4 Å². The molecule has 1 saturated heterocycles. The van der Waals surface area contributed by atoms with E-state index in [-0.39, 0.29) is 21.6 Å². The van der Waals surface area contributed by atoms with Crippen molar-refractivity contribution >= 4 is 38.6 Å². The zero-order chi connectivity index (χ0) is 14.4. The number of sulfonamides is 1. The third-order valence-electron chi connectivity index (χ3n) is 2.85. The molecule has 1 aliphatic heterocycles. The Morgan fingerprint density at radius 3 is 2.68 bits per heavy atom. The van der Waals surface area contributed by atoms with Crippen LogP contribution >= 0.6 is 22.9 Å². The van der Waals surface area contributed by atoms with Crippen LogP contribution in [0, 0.1) is 10.1 Å². The van der Waals surface area contributed by atoms with Gasteiger partial charge in [-0.25, -0.2) is 8.42 Å². The third kappa shape index (κ3) is 2.75. The van der Waals surface area contributed by atoms with E-state index < -0.39 is 26.2 Å². The smallest absolute Gasteiger partial charge is 0.300 e. The molecule has 0 bridgehead atoms. The molecule has 0 saturated carbocycles. The summed E-state index contributed by atoms with van der Waals surface area (Å²) in [7, 11) is -3.84. The van der Waals surface area contributed by atoms with Gasteiger partial charge in [0.05, 0.1) is 10.5 Å². The topological polar surface area (TPSA) is 101 Å². The van der Waals surface area contributed by atoms with Crippen LogP contribution in [-0.4, -0.2) is 41.4 Å². The van der Waals surface area contributed by atoms with Gasteiger partial charge in [0.15, 0.2) is 4.34 Å². The Balaban J connectivity index is 2.36. The molecule has 0 amide bonds. The van der Waals surface area contributed by atoms with E-state index in [0.29, 0.717) is 17.8 Å². The maximum Gasteiger partial charge on any atom is 0.300 e. The van der Waals surface area contributed by atoms with Crippen molar-refractivity contribution in [3.05, 3.63) is 20.5 Å². The van der Waals surface area contributed by atoms with Crippen molar-refractivity contribution in [2.45, 2.75) is 23.2 Å². The summed E-state index contributed by atoms with van der Waals surface area (Å²) in [6, 6.07) is 0.954. The predicted octanol–water partition coefficient (Wildman–Crippen LogP) is 1.46. The minimum Gasteiger partial charge on any atom is -0.389 e. The Labute approximate surface area is 118 Å². The fourth-order valence-corrected chi connectivity index (χ4v) is 5.20. The molecule has 2 rings (SSSR count). The van der Waals surface area contributed by atoms with E-state index in [1.807, 2.05) is 0 Å². The van der Waals surface area contributed by atoms with Gasteiger partial charge in [-0.05, 0) is 13.3 Å². The van der Waals surface area contributed by atoms with Crippen molar-refractivity contribution in [3.63, 3.8) is 0 Å². The largest absolute Gasteiger partial charge is 0.389 e. The van der Waals surface area contributed by atoms with Crippen molar-refractivity contribution in [2.24, 2.45) is 0 Å². The van der Waals surface area contributed by atoms with Crippen LogP contribution in [0.5, 0.6) is 0 Å². The van der Waals surface area contributed by atoms with Gasteiger partial charge >= 0.3 is 0 Å². The van der Waals surface area contributed by atoms with E-state index in [1.165, 1.54) is 0 Å². The highest BCUT2D eigenvalue weighted by molar-refractivity contribution is 7.91. The number of nitrogens with zero attached hydrogens (tertiary/aromatic N) is 2. The first-order valence-corrected chi connectivity index (χ1v) is 7.93. The third-order valence-corrected chi connectivity index (χ3v) is 6.49. The molecular weight excluding hydrogens is 316 g/mol. The standard InChI is InChI=1S/C9H11ClN2O5S2/c1-9(13)2-3-11(5-9)19(16,17)7-4-6(12(14)15)8(10)18-7/h4,13H,2-3,5H2,1H3. The van der Waals surface area contributed by atoms with Gasteiger partial charge in [0.25, 0.3) is 15.7 Å². The van der Waals surface area contributed by atoms with Crippen LogP contribution in [0.15, 0.2) is 10.3 Å². The Morgan fingerprint density at radius 1 is 1.63 bits per heavy atom. The van der Waals surface area contributed by atoms with Crippen LogP contribution < -0.4 is 0 Å². The Morgan fingerprint density at radius 2 is 2.26 bits per heavy atom. The summed E-state index contributed by atoms with van der Waals surface area (Å²) >= 11 is 6.30. The maximum atomic E-state index is 12.3. The molecule has 1 aromatic heterocycles. The van der Waals surface area contributed by atoms with Crippen molar-refractivity contribution in [1.82, 2.24) is 4.31 Å². The molecule has 0 spiro atoms. The van der Waals surface area contributed by atoms with Crippen LogP contribution in [0.25, 0.3) is 0 Å². The van der Waals surface area contributed by atoms with Crippen LogP contribution in [-0.2, 0) is 10.0 Å². The molecular formula is C9H11ClN2O5S2. The first-order valence-electron chi connectivity index (χ1n) is 5.30. The van der Waals surface area contributed by atoms with E-state index in [2.05, 4.69) is 0 Å². The number of aliphatic hydroxyl groups is 1. The fraction of sp³-hybridized carbons (Fsp3) is 0.556. The number of nitro groups is 1. The van der Waals surface area contributed by atoms with Crippen LogP contribution in [0.1, 0.15) is 13.3 Å². The number of thiophene rings is 1. The first-order chi connectivity index (χ1) is 8.63. The van der Waals surface area contributed by atoms with Crippen LogP contribution in [0.3, 0.4) is 0 Å². The summed E-state index contributed by atoms with van der Waals surface area (Å²) < 4.78 is 25.3. The van der Waals surface area contributed by atoms with Crippen LogP contribution in [0.2, 0.25) is 4.34 Å². The lowest BCUT2D eigenvalue weighted by molar-refractivity contribution is -0.384. The average Bonchev–Trinajstić information content (AvgIpc) is 2.82. The number of rotatable bonds is 3. The number of β-amino-alcohol motifs (C(OH)–C–C–N with tert-alkyl or cyclic N) is 1. The molecule has 1 aliphatic rings. The fourth-order valence-electron chi connectivity index (χ4n) is 1.83. The van der Waals surface area contributed by atoms with Gasteiger partial charge in [0, 0.05) is 19.2 Å². The SMILES string of the molecule is CC1(O)CCN(S(=O)(=O)c2cc([N+](=O)[O-])c(Cl)s2)C1. The lowest BCUT2D eigenvalue weighted by Gasteiger charge is -2.17. The van der Waals surface area contributed by atoms with Crippen molar-refractivity contribution in [3.8, 4) is 0 Å². The van der Waals surface area contributed by atoms with Crippen molar-refractivity contribution < 1.29 is 18.4 Å². The van der Waals surface area contributed by atoms with Gasteiger partial charge in [-0.2, -0.15) is 4.31 Å². The summed E-state index contributed by atoms with van der Waals surface area (Å²) in [5.41, 5.74) is -1.49. The summed E-state index contributed by atoms with van der Waals surface area (Å²) in [5, 5.41) is 20.5. The van der Waals surface area contributed by atoms with E-state index in [9.17, 15) is 23.6 Å². The Kier molecular flexibility index (Phi) is 3.60. The lowest BCUT2D eigenvalue weighted by atomic mass is 10.1. The molecule has 0 aliphatic carbocycles. The van der Waals surface area contributed by atoms with Crippen LogP contribution in [0.4, 0.5) is 5.69 Å². The summed E-state index contributed by atoms with van der Waals surface area (Å²) in [4.78, 5) is 9.94. The highest BCUT2D eigenvalue weighted by Crippen LogP contribution is 2.38. The molecule has 1 unspecified atom stereocenters. The van der Waals surface area contributed by atoms with Crippen molar-refractivity contribution in [2.75, 3.05) is 13.1 Å². The second-order valence-electron chi connectivity index (χ2n) is 4.57. The highest BCUT2D eigenvalue weighted by atomic mass is 35.5. The zero-order valence-corrected chi connectivity index (χ0v) is 12.3. The van der Waals surface area contributed by atoms with Gasteiger partial charge in [-0.15, -0.1) is 11.3 Å². The summed E-state index contributed by atoms with van der Waals surface area (Å²) in [6.07, 6.45) is 0.327. The minimum absolute atomic E-state index is 0.0291. The van der Waals surface area contributed by atoms with Gasteiger partial charge in [0.2, 0.25) is 0 Å². The highest BCUT2D eigenvalue weighted by Gasteiger charge is 2.40. The molecule has 10 heteroatoms. The molecule has 1 fully saturated rings. The second kappa shape index (κ2) is 4.67. The average molecular weight is 327 g/mol. The molecule has 7 nitrogen and oxygen atoms in total. The number of hydrogen-bond donors (Lipinski definition) is 1. The van der Waals surface area contributed by atoms with E-state index in [4.69, 9.17) is 11.6 Å². The predicted molar refractivity (Wildman–Crippen MR) is 70.0 cm³/mol. The molecule has 1 aromatic rings. The summed E-state index contributed by atoms with van der Waals surface area (Å²) in [6.45, 7) is 1.70. The van der Waals surface area contributed by atoms with Gasteiger partial charge < -0.3 is 5.11 Å². The second-order valence-corrected chi connectivity index (χ2v) is 8.39. The molecule has 2 heterocycles. The van der Waals surface area contributed by atoms with Gasteiger partial charge in [0.1, 0.15) is 4.21 Å². The molecule has 19 heavy (non-hydrogen) atoms. The minimum atomic E-state index is -3.84. The first kappa shape index (κ1) is 14.7. The lowest BCUT2D eigenvalue weighted by Crippen LogP contribution is -2.33. The Bertz CT molecular complexity index is 625.